The van der Waals surface area contributed by atoms with E-state index in [1.165, 1.54) is 39.2 Å². The maximum absolute atomic E-state index is 10.7. The van der Waals surface area contributed by atoms with Crippen LogP contribution in [0.15, 0.2) is 79.3 Å². The Bertz CT molecular complexity index is 1530. The van der Waals surface area contributed by atoms with Gasteiger partial charge in [0.15, 0.2) is 0 Å². The van der Waals surface area contributed by atoms with Crippen molar-refractivity contribution in [3.63, 3.8) is 0 Å². The number of benzene rings is 1. The Labute approximate surface area is 387 Å². The monoisotopic (exact) mass is 899 g/mol. The maximum atomic E-state index is 10.7. The fraction of sp³-hybridized carbons (Fsp3) is 0.551. The summed E-state index contributed by atoms with van der Waals surface area (Å²) in [5.74, 6) is 0.564. The van der Waals surface area contributed by atoms with Gasteiger partial charge in [-0.1, -0.05) is 66.1 Å². The molecule has 0 saturated carbocycles. The van der Waals surface area contributed by atoms with Gasteiger partial charge >= 0.3 is 0 Å². The Morgan fingerprint density at radius 3 is 1.42 bits per heavy atom. The molecule has 2 fully saturated rings. The predicted molar refractivity (Wildman–Crippen MR) is 262 cm³/mol. The smallest absolute Gasteiger partial charge is 0.219 e. The summed E-state index contributed by atoms with van der Waals surface area (Å²) in [5.41, 5.74) is 3.33. The second-order valence-electron chi connectivity index (χ2n) is 13.6. The number of pyridine rings is 2. The van der Waals surface area contributed by atoms with Crippen LogP contribution >= 0.6 is 0 Å². The third-order valence-electron chi connectivity index (χ3n) is 8.62. The number of likely N-dealkylation sites (tertiary alicyclic amines) is 1. The van der Waals surface area contributed by atoms with Crippen molar-refractivity contribution in [1.82, 2.24) is 40.6 Å². The lowest BCUT2D eigenvalue weighted by Crippen LogP contribution is -2.39. The Kier molecular flexibility index (Phi) is 46.2. The van der Waals surface area contributed by atoms with Crippen LogP contribution in [-0.2, 0) is 52.9 Å². The average Bonchev–Trinajstić information content (AvgIpc) is 3.79. The molecule has 0 unspecified atom stereocenters. The van der Waals surface area contributed by atoms with Gasteiger partial charge in [0.2, 0.25) is 35.4 Å². The van der Waals surface area contributed by atoms with Crippen LogP contribution in [0.2, 0.25) is 0 Å². The molecule has 0 aliphatic carbocycles. The zero-order valence-corrected chi connectivity index (χ0v) is 37.2. The molecule has 2 saturated heterocycles. The predicted octanol–water partition coefficient (Wildman–Crippen LogP) is 6.76. The Morgan fingerprint density at radius 1 is 0.578 bits per heavy atom. The van der Waals surface area contributed by atoms with Crippen molar-refractivity contribution in [2.75, 3.05) is 65.6 Å². The highest BCUT2D eigenvalue weighted by atomic mass is 16.5. The third-order valence-corrected chi connectivity index (χ3v) is 8.62. The van der Waals surface area contributed by atoms with Gasteiger partial charge in [-0.05, 0) is 68.5 Å². The highest BCUT2D eigenvalue weighted by Gasteiger charge is 2.13. The standard InChI is InChI=1S/C10H13NO.C9H12N2O.C8H10N2O.C6H11NO2.C6H11NO.C6H13NO.4CH4/c1-9(12)11-8-7-10-5-3-2-4-6-10;1-8(12)10-7-5-9-4-2-3-6-11-9;1-7(11)10-6-8-2-4-9-5-3-8;1-6(8)7-2-4-9-5-3-7;1-6(8)7-4-2-3-5-7;1-4-7(5-2)6(3)8;;;;/h2-6H,7-8H2,1H3,(H,11,12);2-4,6H,5,7H2,1H3,(H,10,12);2-5H,6H2,1H3,(H,10,11);2-5H2,1H3;2-5H2,1H3;4-5H2,1-3H3;4*1H4. The summed E-state index contributed by atoms with van der Waals surface area (Å²) in [7, 11) is 0. The molecule has 3 N–H and O–H groups in total. The summed E-state index contributed by atoms with van der Waals surface area (Å²) < 4.78 is 5.06. The number of amides is 6. The summed E-state index contributed by atoms with van der Waals surface area (Å²) in [4.78, 5) is 76.7. The van der Waals surface area contributed by atoms with Crippen molar-refractivity contribution in [3.8, 4) is 0 Å². The van der Waals surface area contributed by atoms with Gasteiger partial charge in [-0.15, -0.1) is 0 Å². The van der Waals surface area contributed by atoms with Crippen molar-refractivity contribution in [2.24, 2.45) is 0 Å². The van der Waals surface area contributed by atoms with Crippen molar-refractivity contribution in [1.29, 1.82) is 0 Å². The Balaban J connectivity index is -0.000000216. The van der Waals surface area contributed by atoms with Gasteiger partial charge in [-0.2, -0.15) is 0 Å². The van der Waals surface area contributed by atoms with Crippen LogP contribution < -0.4 is 16.0 Å². The summed E-state index contributed by atoms with van der Waals surface area (Å²) in [5, 5.41) is 8.17. The van der Waals surface area contributed by atoms with E-state index in [4.69, 9.17) is 4.74 Å². The highest BCUT2D eigenvalue weighted by molar-refractivity contribution is 5.74. The van der Waals surface area contributed by atoms with Crippen LogP contribution in [0, 0.1) is 0 Å². The molecular weight excluding hydrogens is 813 g/mol. The van der Waals surface area contributed by atoms with Crippen LogP contribution in [0.3, 0.4) is 0 Å². The first kappa shape index (κ1) is 67.4. The fourth-order valence-corrected chi connectivity index (χ4v) is 5.25. The van der Waals surface area contributed by atoms with Crippen molar-refractivity contribution in [3.05, 3.63) is 96.1 Å². The fourth-order valence-electron chi connectivity index (χ4n) is 5.25. The molecule has 6 amide bonds. The first-order chi connectivity index (χ1) is 28.7. The molecule has 15 nitrogen and oxygen atoms in total. The van der Waals surface area contributed by atoms with E-state index in [2.05, 4.69) is 38.1 Å². The van der Waals surface area contributed by atoms with Crippen LogP contribution in [0.25, 0.3) is 0 Å². The molecule has 0 spiro atoms. The minimum atomic E-state index is -0.0122. The molecule has 64 heavy (non-hydrogen) atoms. The van der Waals surface area contributed by atoms with Gasteiger partial charge < -0.3 is 35.4 Å². The largest absolute Gasteiger partial charge is 0.378 e. The molecule has 364 valence electrons. The second kappa shape index (κ2) is 43.9. The van der Waals surface area contributed by atoms with Gasteiger partial charge in [0.05, 0.1) is 13.2 Å². The summed E-state index contributed by atoms with van der Waals surface area (Å²) in [6.45, 7) is 21.8. The van der Waals surface area contributed by atoms with E-state index in [9.17, 15) is 28.8 Å². The molecule has 1 aromatic carbocycles. The topological polar surface area (TPSA) is 183 Å². The van der Waals surface area contributed by atoms with Gasteiger partial charge in [0.25, 0.3) is 0 Å². The number of aromatic nitrogens is 2. The van der Waals surface area contributed by atoms with Gasteiger partial charge in [-0.3, -0.25) is 38.7 Å². The average molecular weight is 899 g/mol. The quantitative estimate of drug-likeness (QED) is 0.198. The lowest BCUT2D eigenvalue weighted by Gasteiger charge is -2.25. The lowest BCUT2D eigenvalue weighted by atomic mass is 10.1. The van der Waals surface area contributed by atoms with Crippen molar-refractivity contribution in [2.45, 2.75) is 117 Å². The van der Waals surface area contributed by atoms with E-state index >= 15 is 0 Å². The van der Waals surface area contributed by atoms with E-state index < -0.39 is 0 Å². The first-order valence-corrected chi connectivity index (χ1v) is 20.6. The third kappa shape index (κ3) is 39.2. The van der Waals surface area contributed by atoms with E-state index in [-0.39, 0.29) is 65.1 Å². The van der Waals surface area contributed by atoms with Crippen LogP contribution in [0.5, 0.6) is 0 Å². The number of carbonyl (C=O) groups is 6. The summed E-state index contributed by atoms with van der Waals surface area (Å²) in [6.07, 6.45) is 9.25. The molecule has 15 heteroatoms. The SMILES string of the molecule is C.C.C.C.CC(=O)N1CCCC1.CC(=O)N1CCOCC1.CC(=O)NCCc1ccccc1.CC(=O)NCCc1ccccn1.CC(=O)NCc1ccncc1.CCN(CC)C(C)=O. The molecule has 0 radical (unpaired) electrons. The maximum Gasteiger partial charge on any atom is 0.219 e. The van der Waals surface area contributed by atoms with Gasteiger partial charge in [-0.25, -0.2) is 0 Å². The van der Waals surface area contributed by atoms with Crippen LogP contribution in [0.1, 0.15) is 115 Å². The molecule has 0 atom stereocenters. The molecule has 3 aromatic rings. The first-order valence-electron chi connectivity index (χ1n) is 20.6. The molecule has 2 aliphatic rings. The number of ether oxygens (including phenoxy) is 1. The number of nitrogens with zero attached hydrogens (tertiary/aromatic N) is 5. The lowest BCUT2D eigenvalue weighted by molar-refractivity contribution is -0.133. The molecular formula is C49H86N8O7. The normalized spacial score (nSPS) is 11.4. The second-order valence-corrected chi connectivity index (χ2v) is 13.6. The molecule has 2 aliphatic heterocycles. The number of hydrogen-bond donors (Lipinski definition) is 3. The van der Waals surface area contributed by atoms with Crippen molar-refractivity contribution >= 4 is 35.4 Å². The minimum Gasteiger partial charge on any atom is -0.378 e. The molecule has 4 heterocycles. The van der Waals surface area contributed by atoms with Crippen molar-refractivity contribution < 1.29 is 33.5 Å². The number of morpholine rings is 1. The van der Waals surface area contributed by atoms with E-state index in [0.29, 0.717) is 26.3 Å². The van der Waals surface area contributed by atoms with E-state index in [1.54, 1.807) is 49.2 Å². The number of hydrogen-bond acceptors (Lipinski definition) is 9. The summed E-state index contributed by atoms with van der Waals surface area (Å²) >= 11 is 0. The Hall–Kier alpha value is -5.70. The summed E-state index contributed by atoms with van der Waals surface area (Å²) in [6, 6.07) is 19.6. The minimum absolute atomic E-state index is 0. The zero-order valence-electron chi connectivity index (χ0n) is 37.2. The van der Waals surface area contributed by atoms with Gasteiger partial charge in [0, 0.05) is 131 Å². The van der Waals surface area contributed by atoms with Gasteiger partial charge in [0.1, 0.15) is 0 Å². The number of nitrogens with one attached hydrogen (secondary N) is 3. The molecule has 2 aromatic heterocycles. The van der Waals surface area contributed by atoms with Crippen LogP contribution in [-0.4, -0.2) is 126 Å². The Morgan fingerprint density at radius 2 is 1.05 bits per heavy atom. The highest BCUT2D eigenvalue weighted by Crippen LogP contribution is 2.06. The van der Waals surface area contributed by atoms with Crippen LogP contribution in [0.4, 0.5) is 0 Å². The van der Waals surface area contributed by atoms with E-state index in [0.717, 1.165) is 69.9 Å². The zero-order chi connectivity index (χ0) is 45.0. The number of rotatable bonds is 10. The molecule has 0 bridgehead atoms. The molecule has 5 rings (SSSR count). The number of carbonyl (C=O) groups excluding carboxylic acids is 6. The van der Waals surface area contributed by atoms with E-state index in [1.807, 2.05) is 67.3 Å².